The summed E-state index contributed by atoms with van der Waals surface area (Å²) in [7, 11) is 1.75. The Morgan fingerprint density at radius 1 is 1.05 bits per heavy atom. The van der Waals surface area contributed by atoms with Crippen LogP contribution in [-0.2, 0) is 10.3 Å². The Kier molecular flexibility index (Phi) is 3.43. The van der Waals surface area contributed by atoms with Crippen LogP contribution < -0.4 is 0 Å². The van der Waals surface area contributed by atoms with Crippen molar-refractivity contribution in [2.45, 2.75) is 26.4 Å². The molecule has 2 aromatic carbocycles. The topological polar surface area (TPSA) is 9.23 Å². The molecule has 0 aliphatic heterocycles. The molecule has 2 aromatic rings. The third-order valence-corrected chi connectivity index (χ3v) is 5.13. The van der Waals surface area contributed by atoms with Gasteiger partial charge in [-0.15, -0.1) is 5.92 Å². The summed E-state index contributed by atoms with van der Waals surface area (Å²) < 4.78 is 7.10. The van der Waals surface area contributed by atoms with Gasteiger partial charge in [-0.2, -0.15) is 0 Å². The molecule has 0 amide bonds. The summed E-state index contributed by atoms with van der Waals surface area (Å²) in [5.74, 6) is 6.40. The number of methoxy groups -OCH3 is 1. The molecule has 0 radical (unpaired) electrons. The lowest BCUT2D eigenvalue weighted by atomic mass is 9.87. The van der Waals surface area contributed by atoms with E-state index in [1.807, 2.05) is 6.92 Å². The van der Waals surface area contributed by atoms with Gasteiger partial charge < -0.3 is 4.74 Å². The average Bonchev–Trinajstić information content (AvgIpc) is 2.76. The van der Waals surface area contributed by atoms with E-state index < -0.39 is 5.60 Å². The van der Waals surface area contributed by atoms with Crippen LogP contribution in [0.3, 0.4) is 0 Å². The molecule has 1 atom stereocenters. The molecule has 0 bridgehead atoms. The summed E-state index contributed by atoms with van der Waals surface area (Å²) in [6.07, 6.45) is 0. The molecular formula is C19H17BrO. The second-order valence-corrected chi connectivity index (χ2v) is 6.21. The van der Waals surface area contributed by atoms with Crippen molar-refractivity contribution in [1.29, 1.82) is 0 Å². The van der Waals surface area contributed by atoms with Gasteiger partial charge in [-0.25, -0.2) is 0 Å². The summed E-state index contributed by atoms with van der Waals surface area (Å²) in [6, 6.07) is 10.6. The van der Waals surface area contributed by atoms with Gasteiger partial charge in [-0.1, -0.05) is 46.1 Å². The first-order valence-electron chi connectivity index (χ1n) is 6.96. The van der Waals surface area contributed by atoms with Crippen LogP contribution in [0.25, 0.3) is 11.1 Å². The first kappa shape index (κ1) is 14.4. The summed E-state index contributed by atoms with van der Waals surface area (Å²) >= 11 is 3.64. The molecule has 1 aliphatic rings. The maximum Gasteiger partial charge on any atom is 0.181 e. The van der Waals surface area contributed by atoms with Gasteiger partial charge in [-0.05, 0) is 49.1 Å². The predicted octanol–water partition coefficient (Wildman–Crippen LogP) is 4.96. The fourth-order valence-corrected chi connectivity index (χ4v) is 3.74. The van der Waals surface area contributed by atoms with E-state index in [0.717, 1.165) is 10.0 Å². The van der Waals surface area contributed by atoms with Crippen LogP contribution in [0.5, 0.6) is 0 Å². The number of fused-ring (bicyclic) bond motifs is 3. The van der Waals surface area contributed by atoms with Crippen LogP contribution in [-0.4, -0.2) is 7.11 Å². The van der Waals surface area contributed by atoms with E-state index in [4.69, 9.17) is 4.74 Å². The minimum absolute atomic E-state index is 0.668. The molecule has 0 aromatic heterocycles. The van der Waals surface area contributed by atoms with Crippen molar-refractivity contribution in [2.24, 2.45) is 0 Å². The lowest BCUT2D eigenvalue weighted by molar-refractivity contribution is 0.0770. The zero-order valence-electron chi connectivity index (χ0n) is 12.7. The highest BCUT2D eigenvalue weighted by Gasteiger charge is 2.45. The average molecular weight is 341 g/mol. The Balaban J connectivity index is 2.52. The lowest BCUT2D eigenvalue weighted by Crippen LogP contribution is -2.27. The Labute approximate surface area is 134 Å². The molecule has 3 rings (SSSR count). The number of hydrogen-bond acceptors (Lipinski definition) is 1. The van der Waals surface area contributed by atoms with Crippen LogP contribution in [0.2, 0.25) is 0 Å². The molecule has 106 valence electrons. The van der Waals surface area contributed by atoms with E-state index >= 15 is 0 Å². The normalized spacial score (nSPS) is 18.7. The van der Waals surface area contributed by atoms with E-state index in [1.54, 1.807) is 7.11 Å². The fourth-order valence-electron chi connectivity index (χ4n) is 3.41. The van der Waals surface area contributed by atoms with Gasteiger partial charge >= 0.3 is 0 Å². The first-order valence-corrected chi connectivity index (χ1v) is 7.75. The molecule has 1 aliphatic carbocycles. The molecule has 0 fully saturated rings. The van der Waals surface area contributed by atoms with Gasteiger partial charge in [0.1, 0.15) is 0 Å². The Morgan fingerprint density at radius 2 is 1.76 bits per heavy atom. The number of benzene rings is 2. The molecule has 21 heavy (non-hydrogen) atoms. The molecule has 0 saturated carbocycles. The number of ether oxygens (including phenoxy) is 1. The summed E-state index contributed by atoms with van der Waals surface area (Å²) in [4.78, 5) is 0. The zero-order chi connectivity index (χ0) is 15.2. The van der Waals surface area contributed by atoms with Gasteiger partial charge in [0.2, 0.25) is 0 Å². The van der Waals surface area contributed by atoms with Crippen molar-refractivity contribution in [3.63, 3.8) is 0 Å². The fraction of sp³-hybridized carbons (Fsp3) is 0.263. The summed E-state index contributed by atoms with van der Waals surface area (Å²) in [5, 5.41) is 0. The van der Waals surface area contributed by atoms with Crippen molar-refractivity contribution in [1.82, 2.24) is 0 Å². The molecule has 0 spiro atoms. The van der Waals surface area contributed by atoms with Crippen LogP contribution in [0.15, 0.2) is 34.8 Å². The molecule has 0 heterocycles. The van der Waals surface area contributed by atoms with Crippen LogP contribution in [0, 0.1) is 25.7 Å². The SMILES string of the molecule is CC#CC1(OC)c2c(C)cccc2-c2ccc(Br)c(C)c21. The van der Waals surface area contributed by atoms with Crippen LogP contribution in [0.4, 0.5) is 0 Å². The maximum absolute atomic E-state index is 6.01. The second kappa shape index (κ2) is 5.02. The molecule has 1 unspecified atom stereocenters. The van der Waals surface area contributed by atoms with Crippen molar-refractivity contribution in [2.75, 3.05) is 7.11 Å². The Hall–Kier alpha value is -1.56. The van der Waals surface area contributed by atoms with Gasteiger partial charge in [0, 0.05) is 22.7 Å². The number of hydrogen-bond donors (Lipinski definition) is 0. The largest absolute Gasteiger partial charge is 0.357 e. The van der Waals surface area contributed by atoms with E-state index in [0.29, 0.717) is 0 Å². The quantitative estimate of drug-likeness (QED) is 0.666. The van der Waals surface area contributed by atoms with E-state index in [1.165, 1.54) is 27.8 Å². The minimum atomic E-state index is -0.668. The van der Waals surface area contributed by atoms with Crippen molar-refractivity contribution < 1.29 is 4.74 Å². The Bertz CT molecular complexity index is 795. The van der Waals surface area contributed by atoms with Crippen LogP contribution >= 0.6 is 15.9 Å². The highest BCUT2D eigenvalue weighted by molar-refractivity contribution is 9.10. The number of rotatable bonds is 1. The van der Waals surface area contributed by atoms with Gasteiger partial charge in [0.05, 0.1) is 0 Å². The highest BCUT2D eigenvalue weighted by Crippen LogP contribution is 2.52. The van der Waals surface area contributed by atoms with Crippen LogP contribution in [0.1, 0.15) is 29.2 Å². The smallest absolute Gasteiger partial charge is 0.181 e. The predicted molar refractivity (Wildman–Crippen MR) is 90.3 cm³/mol. The lowest BCUT2D eigenvalue weighted by Gasteiger charge is -2.27. The highest BCUT2D eigenvalue weighted by atomic mass is 79.9. The monoisotopic (exact) mass is 340 g/mol. The summed E-state index contributed by atoms with van der Waals surface area (Å²) in [6.45, 7) is 6.11. The van der Waals surface area contributed by atoms with E-state index in [9.17, 15) is 0 Å². The van der Waals surface area contributed by atoms with Gasteiger partial charge in [0.15, 0.2) is 5.60 Å². The maximum atomic E-state index is 6.01. The Morgan fingerprint density at radius 3 is 2.43 bits per heavy atom. The summed E-state index contributed by atoms with van der Waals surface area (Å²) in [5.41, 5.74) is 6.52. The zero-order valence-corrected chi connectivity index (χ0v) is 14.3. The van der Waals surface area contributed by atoms with Gasteiger partial charge in [0.25, 0.3) is 0 Å². The minimum Gasteiger partial charge on any atom is -0.357 e. The van der Waals surface area contributed by atoms with Crippen molar-refractivity contribution >= 4 is 15.9 Å². The number of halogens is 1. The van der Waals surface area contributed by atoms with E-state index in [2.05, 4.69) is 72.0 Å². The third-order valence-electron chi connectivity index (χ3n) is 4.27. The van der Waals surface area contributed by atoms with Crippen molar-refractivity contribution in [3.05, 3.63) is 57.1 Å². The molecule has 0 N–H and O–H groups in total. The standard InChI is InChI=1S/C19H17BrO/c1-5-11-19(21-4)17-12(2)7-6-8-14(17)15-9-10-16(20)13(3)18(15)19/h6-10H,1-4H3. The molecule has 1 nitrogen and oxygen atoms in total. The molecule has 0 saturated heterocycles. The second-order valence-electron chi connectivity index (χ2n) is 5.35. The van der Waals surface area contributed by atoms with Gasteiger partial charge in [-0.3, -0.25) is 0 Å². The first-order chi connectivity index (χ1) is 10.1. The van der Waals surface area contributed by atoms with Crippen molar-refractivity contribution in [3.8, 4) is 23.0 Å². The third kappa shape index (κ3) is 1.81. The molecule has 2 heteroatoms. The number of aryl methyl sites for hydroxylation is 1. The van der Waals surface area contributed by atoms with E-state index in [-0.39, 0.29) is 0 Å². The molecular weight excluding hydrogens is 324 g/mol.